The van der Waals surface area contributed by atoms with E-state index in [0.29, 0.717) is 0 Å². The van der Waals surface area contributed by atoms with Crippen molar-refractivity contribution in [3.05, 3.63) is 216 Å². The number of aromatic nitrogens is 1. The molecule has 58 heavy (non-hydrogen) atoms. The molecule has 0 atom stereocenters. The van der Waals surface area contributed by atoms with E-state index in [9.17, 15) is 0 Å². The fraction of sp³-hybridized carbons (Fsp3) is 0.0182. The van der Waals surface area contributed by atoms with Crippen LogP contribution in [0.4, 0.5) is 17.1 Å². The number of hydrogen-bond donors (Lipinski definition) is 0. The lowest BCUT2D eigenvalue weighted by atomic mass is 9.70. The summed E-state index contributed by atoms with van der Waals surface area (Å²) >= 11 is 0. The minimum Gasteiger partial charge on any atom is -0.456 e. The number of benzene rings is 9. The molecule has 14 rings (SSSR count). The summed E-state index contributed by atoms with van der Waals surface area (Å²) in [5.41, 5.74) is 18.8. The molecule has 1 spiro atoms. The van der Waals surface area contributed by atoms with Crippen molar-refractivity contribution in [2.75, 3.05) is 4.90 Å². The van der Waals surface area contributed by atoms with E-state index in [2.05, 4.69) is 197 Å². The molecular formula is C55H32N2O. The fourth-order valence-corrected chi connectivity index (χ4v) is 11.2. The van der Waals surface area contributed by atoms with Crippen LogP contribution in [0, 0.1) is 0 Å². The topological polar surface area (TPSA) is 20.8 Å². The van der Waals surface area contributed by atoms with Crippen LogP contribution in [0.1, 0.15) is 22.3 Å². The van der Waals surface area contributed by atoms with Gasteiger partial charge in [0.1, 0.15) is 11.2 Å². The zero-order valence-corrected chi connectivity index (χ0v) is 31.3. The van der Waals surface area contributed by atoms with Gasteiger partial charge in [0.05, 0.1) is 27.7 Å². The number of furan rings is 1. The number of anilines is 3. The van der Waals surface area contributed by atoms with Crippen molar-refractivity contribution in [3.63, 3.8) is 0 Å². The molecule has 3 nitrogen and oxygen atoms in total. The molecule has 0 fully saturated rings. The maximum Gasteiger partial charge on any atom is 0.137 e. The van der Waals surface area contributed by atoms with Crippen molar-refractivity contribution in [2.24, 2.45) is 0 Å². The first-order chi connectivity index (χ1) is 28.8. The van der Waals surface area contributed by atoms with E-state index in [1.54, 1.807) is 0 Å². The van der Waals surface area contributed by atoms with Gasteiger partial charge >= 0.3 is 0 Å². The molecule has 9 aromatic carbocycles. The first-order valence-electron chi connectivity index (χ1n) is 20.1. The van der Waals surface area contributed by atoms with Crippen LogP contribution in [0.3, 0.4) is 0 Å². The van der Waals surface area contributed by atoms with Gasteiger partial charge in [-0.3, -0.25) is 0 Å². The van der Waals surface area contributed by atoms with Crippen molar-refractivity contribution >= 4 is 77.1 Å². The van der Waals surface area contributed by atoms with Crippen LogP contribution < -0.4 is 4.90 Å². The Hall–Kier alpha value is -7.62. The van der Waals surface area contributed by atoms with Crippen LogP contribution in [-0.4, -0.2) is 4.40 Å². The summed E-state index contributed by atoms with van der Waals surface area (Å²) in [5, 5.41) is 7.29. The summed E-state index contributed by atoms with van der Waals surface area (Å²) < 4.78 is 9.17. The van der Waals surface area contributed by atoms with Gasteiger partial charge in [-0.1, -0.05) is 146 Å². The molecule has 3 heteroatoms. The summed E-state index contributed by atoms with van der Waals surface area (Å²) in [6, 6.07) is 71.7. The van der Waals surface area contributed by atoms with Crippen LogP contribution in [0.2, 0.25) is 0 Å². The molecule has 2 aliphatic rings. The highest BCUT2D eigenvalue weighted by Gasteiger charge is 2.53. The van der Waals surface area contributed by atoms with Crippen LogP contribution >= 0.6 is 0 Å². The first-order valence-corrected chi connectivity index (χ1v) is 20.1. The Morgan fingerprint density at radius 3 is 1.79 bits per heavy atom. The molecule has 0 saturated carbocycles. The Morgan fingerprint density at radius 1 is 0.397 bits per heavy atom. The highest BCUT2D eigenvalue weighted by atomic mass is 16.3. The highest BCUT2D eigenvalue weighted by molar-refractivity contribution is 6.29. The molecule has 268 valence electrons. The largest absolute Gasteiger partial charge is 0.456 e. The monoisotopic (exact) mass is 736 g/mol. The van der Waals surface area contributed by atoms with Gasteiger partial charge < -0.3 is 13.7 Å². The smallest absolute Gasteiger partial charge is 0.137 e. The number of nitrogens with zero attached hydrogens (tertiary/aromatic N) is 2. The predicted octanol–water partition coefficient (Wildman–Crippen LogP) is 14.5. The molecule has 0 bridgehead atoms. The summed E-state index contributed by atoms with van der Waals surface area (Å²) in [5.74, 6) is 0. The highest BCUT2D eigenvalue weighted by Crippen LogP contribution is 2.65. The average Bonchev–Trinajstić information content (AvgIpc) is 4.07. The van der Waals surface area contributed by atoms with Crippen molar-refractivity contribution in [1.82, 2.24) is 4.40 Å². The van der Waals surface area contributed by atoms with Gasteiger partial charge in [-0.05, 0) is 81.4 Å². The second-order valence-corrected chi connectivity index (χ2v) is 15.9. The minimum absolute atomic E-state index is 0.523. The SMILES string of the molecule is c1ccc(N(c2ccc3c(c2)oc2ccccc23)c2cc3c(c4c2c2cccc5c6ccccc6n4c52)-c2ccccc2C32c3ccccc3-c3ccccc32)cc1. The van der Waals surface area contributed by atoms with Crippen LogP contribution in [0.15, 0.2) is 199 Å². The lowest BCUT2D eigenvalue weighted by Gasteiger charge is -2.32. The number of para-hydroxylation sites is 4. The normalized spacial score (nSPS) is 13.7. The zero-order valence-electron chi connectivity index (χ0n) is 31.3. The van der Waals surface area contributed by atoms with Gasteiger partial charge in [-0.2, -0.15) is 0 Å². The molecule has 0 aliphatic heterocycles. The molecule has 0 saturated heterocycles. The van der Waals surface area contributed by atoms with Crippen molar-refractivity contribution in [1.29, 1.82) is 0 Å². The van der Waals surface area contributed by atoms with Crippen LogP contribution in [0.5, 0.6) is 0 Å². The second kappa shape index (κ2) is 10.8. The Bertz CT molecular complexity index is 3650. The fourth-order valence-electron chi connectivity index (χ4n) is 11.2. The van der Waals surface area contributed by atoms with E-state index >= 15 is 0 Å². The Labute approximate surface area is 333 Å². The third-order valence-electron chi connectivity index (χ3n) is 13.3. The van der Waals surface area contributed by atoms with E-state index in [-0.39, 0.29) is 0 Å². The van der Waals surface area contributed by atoms with Crippen LogP contribution in [-0.2, 0) is 5.41 Å². The van der Waals surface area contributed by atoms with Gasteiger partial charge in [0.25, 0.3) is 0 Å². The van der Waals surface area contributed by atoms with E-state index in [1.807, 2.05) is 6.07 Å². The molecule has 2 aliphatic carbocycles. The molecule has 0 amide bonds. The lowest BCUT2D eigenvalue weighted by molar-refractivity contribution is 0.669. The summed E-state index contributed by atoms with van der Waals surface area (Å²) in [7, 11) is 0. The summed E-state index contributed by atoms with van der Waals surface area (Å²) in [4.78, 5) is 2.47. The van der Waals surface area contributed by atoms with Crippen molar-refractivity contribution < 1.29 is 4.42 Å². The Kier molecular flexibility index (Phi) is 5.70. The third kappa shape index (κ3) is 3.57. The van der Waals surface area contributed by atoms with E-state index in [0.717, 1.165) is 39.0 Å². The van der Waals surface area contributed by atoms with Gasteiger partial charge in [0.15, 0.2) is 0 Å². The van der Waals surface area contributed by atoms with Crippen molar-refractivity contribution in [2.45, 2.75) is 5.41 Å². The maximum absolute atomic E-state index is 6.58. The summed E-state index contributed by atoms with van der Waals surface area (Å²) in [6.45, 7) is 0. The molecule has 3 heterocycles. The summed E-state index contributed by atoms with van der Waals surface area (Å²) in [6.07, 6.45) is 0. The minimum atomic E-state index is -0.523. The van der Waals surface area contributed by atoms with Gasteiger partial charge in [0, 0.05) is 55.3 Å². The van der Waals surface area contributed by atoms with Crippen LogP contribution in [0.25, 0.3) is 82.3 Å². The quantitative estimate of drug-likeness (QED) is 0.180. The molecule has 3 aromatic heterocycles. The lowest BCUT2D eigenvalue weighted by Crippen LogP contribution is -2.26. The Morgan fingerprint density at radius 2 is 1.00 bits per heavy atom. The number of fused-ring (bicyclic) bond motifs is 20. The van der Waals surface area contributed by atoms with Gasteiger partial charge in [-0.15, -0.1) is 0 Å². The molecule has 0 N–H and O–H groups in total. The predicted molar refractivity (Wildman–Crippen MR) is 239 cm³/mol. The zero-order chi connectivity index (χ0) is 37.7. The number of rotatable bonds is 3. The van der Waals surface area contributed by atoms with Gasteiger partial charge in [-0.25, -0.2) is 0 Å². The van der Waals surface area contributed by atoms with E-state index < -0.39 is 5.41 Å². The third-order valence-corrected chi connectivity index (χ3v) is 13.3. The van der Waals surface area contributed by atoms with E-state index in [4.69, 9.17) is 4.42 Å². The molecule has 0 radical (unpaired) electrons. The van der Waals surface area contributed by atoms with E-state index in [1.165, 1.54) is 82.6 Å². The standard InChI is InChI=1S/C55H32N2O/c1-2-15-33(16-3-1)56(34-29-30-39-38-20-8-13-28-49(38)58-50(39)31-34)48-32-46-51(54-52(48)42-23-14-22-40-37-19-7-12-27-47(37)57(54)53(40)42)41-21-6-11-26-45(41)55(46)43-24-9-4-17-35(43)36-18-5-10-25-44(36)55/h1-32H. The molecule has 0 unspecified atom stereocenters. The average molecular weight is 737 g/mol. The molecular weight excluding hydrogens is 705 g/mol. The van der Waals surface area contributed by atoms with Gasteiger partial charge in [0.2, 0.25) is 0 Å². The first kappa shape index (κ1) is 30.6. The van der Waals surface area contributed by atoms with Crippen molar-refractivity contribution in [3.8, 4) is 22.3 Å². The second-order valence-electron chi connectivity index (χ2n) is 15.9. The number of hydrogen-bond acceptors (Lipinski definition) is 2. The molecule has 12 aromatic rings. The maximum atomic E-state index is 6.58. The Balaban J connectivity index is 1.22.